The van der Waals surface area contributed by atoms with Crippen LogP contribution in [-0.2, 0) is 6.54 Å². The third-order valence-electron chi connectivity index (χ3n) is 5.46. The number of carbonyl (C=O) groups excluding carboxylic acids is 1. The van der Waals surface area contributed by atoms with Crippen molar-refractivity contribution in [3.63, 3.8) is 0 Å². The summed E-state index contributed by atoms with van der Waals surface area (Å²) in [6.45, 7) is 5.02. The largest absolute Gasteiger partial charge is 0.491 e. The maximum absolute atomic E-state index is 13.2. The van der Waals surface area contributed by atoms with E-state index in [0.29, 0.717) is 18.8 Å². The highest BCUT2D eigenvalue weighted by atomic mass is 16.5. The van der Waals surface area contributed by atoms with Crippen LogP contribution in [0.3, 0.4) is 0 Å². The molecule has 0 bridgehead atoms. The molecule has 2 heterocycles. The first kappa shape index (κ1) is 22.5. The Balaban J connectivity index is 1.54. The van der Waals surface area contributed by atoms with Gasteiger partial charge in [-0.05, 0) is 67.8 Å². The smallest absolute Gasteiger partial charge is 0.289 e. The molecular weight excluding hydrogens is 414 g/mol. The van der Waals surface area contributed by atoms with Crippen molar-refractivity contribution in [1.82, 2.24) is 4.90 Å². The molecule has 0 aliphatic carbocycles. The Morgan fingerprint density at radius 1 is 0.879 bits per heavy atom. The summed E-state index contributed by atoms with van der Waals surface area (Å²) < 4.78 is 16.9. The van der Waals surface area contributed by atoms with E-state index in [0.717, 1.165) is 29.1 Å². The second kappa shape index (κ2) is 10.7. The standard InChI is InChI=1S/C28H29NO4/c1-21(2)33-24-14-12-22(13-15-24)20-29(28(30)27-11-7-19-32-27)17-16-25(26-10-6-18-31-26)23-8-4-3-5-9-23/h3-15,18-19,21,25H,16-17,20H2,1-2H3/t25-/m1/s1. The van der Waals surface area contributed by atoms with Crippen LogP contribution in [0, 0.1) is 0 Å². The third kappa shape index (κ3) is 5.95. The van der Waals surface area contributed by atoms with Crippen LogP contribution in [0.25, 0.3) is 0 Å². The summed E-state index contributed by atoms with van der Waals surface area (Å²) in [7, 11) is 0. The van der Waals surface area contributed by atoms with E-state index in [2.05, 4.69) is 12.1 Å². The lowest BCUT2D eigenvalue weighted by molar-refractivity contribution is 0.0706. The fourth-order valence-electron chi connectivity index (χ4n) is 3.91. The number of hydrogen-bond acceptors (Lipinski definition) is 4. The lowest BCUT2D eigenvalue weighted by atomic mass is 9.93. The van der Waals surface area contributed by atoms with Gasteiger partial charge in [0.1, 0.15) is 11.5 Å². The molecule has 0 aliphatic heterocycles. The Labute approximate surface area is 194 Å². The number of hydrogen-bond donors (Lipinski definition) is 0. The van der Waals surface area contributed by atoms with Gasteiger partial charge in [-0.25, -0.2) is 0 Å². The molecule has 0 radical (unpaired) electrons. The van der Waals surface area contributed by atoms with Crippen molar-refractivity contribution in [2.24, 2.45) is 0 Å². The normalized spacial score (nSPS) is 12.0. The number of rotatable bonds is 10. The van der Waals surface area contributed by atoms with Crippen molar-refractivity contribution in [2.75, 3.05) is 6.54 Å². The Bertz CT molecular complexity index is 1100. The van der Waals surface area contributed by atoms with E-state index in [9.17, 15) is 4.79 Å². The summed E-state index contributed by atoms with van der Waals surface area (Å²) in [5, 5.41) is 0. The Morgan fingerprint density at radius 2 is 1.61 bits per heavy atom. The van der Waals surface area contributed by atoms with E-state index in [4.69, 9.17) is 13.6 Å². The monoisotopic (exact) mass is 443 g/mol. The highest BCUT2D eigenvalue weighted by molar-refractivity contribution is 5.91. The minimum atomic E-state index is -0.131. The molecule has 0 unspecified atom stereocenters. The van der Waals surface area contributed by atoms with E-state index in [1.165, 1.54) is 6.26 Å². The van der Waals surface area contributed by atoms with Crippen LogP contribution in [0.5, 0.6) is 5.75 Å². The van der Waals surface area contributed by atoms with Crippen molar-refractivity contribution >= 4 is 5.91 Å². The topological polar surface area (TPSA) is 55.8 Å². The minimum absolute atomic E-state index is 0.0509. The predicted molar refractivity (Wildman–Crippen MR) is 127 cm³/mol. The van der Waals surface area contributed by atoms with Gasteiger partial charge in [-0.1, -0.05) is 42.5 Å². The van der Waals surface area contributed by atoms with Crippen molar-refractivity contribution < 1.29 is 18.4 Å². The summed E-state index contributed by atoms with van der Waals surface area (Å²) >= 11 is 0. The van der Waals surface area contributed by atoms with Crippen molar-refractivity contribution in [3.8, 4) is 5.75 Å². The summed E-state index contributed by atoms with van der Waals surface area (Å²) in [6.07, 6.45) is 4.06. The summed E-state index contributed by atoms with van der Waals surface area (Å²) in [5.74, 6) is 1.97. The van der Waals surface area contributed by atoms with E-state index in [1.807, 2.05) is 73.3 Å². The van der Waals surface area contributed by atoms with Gasteiger partial charge in [0.25, 0.3) is 5.91 Å². The van der Waals surface area contributed by atoms with Crippen LogP contribution < -0.4 is 4.74 Å². The first-order chi connectivity index (χ1) is 16.1. The average molecular weight is 444 g/mol. The maximum Gasteiger partial charge on any atom is 0.289 e. The molecule has 1 atom stereocenters. The SMILES string of the molecule is CC(C)Oc1ccc(CN(CC[C@H](c2ccccc2)c2ccco2)C(=O)c2ccco2)cc1. The first-order valence-electron chi connectivity index (χ1n) is 11.3. The minimum Gasteiger partial charge on any atom is -0.491 e. The van der Waals surface area contributed by atoms with Crippen LogP contribution >= 0.6 is 0 Å². The fraction of sp³-hybridized carbons (Fsp3) is 0.250. The van der Waals surface area contributed by atoms with Crippen molar-refractivity contribution in [2.45, 2.75) is 38.8 Å². The van der Waals surface area contributed by atoms with Gasteiger partial charge in [0, 0.05) is 19.0 Å². The fourth-order valence-corrected chi connectivity index (χ4v) is 3.91. The Morgan fingerprint density at radius 3 is 2.24 bits per heavy atom. The summed E-state index contributed by atoms with van der Waals surface area (Å²) in [5.41, 5.74) is 2.19. The molecule has 0 saturated carbocycles. The van der Waals surface area contributed by atoms with E-state index in [1.54, 1.807) is 18.4 Å². The molecule has 2 aromatic heterocycles. The van der Waals surface area contributed by atoms with Gasteiger partial charge < -0.3 is 18.5 Å². The number of nitrogens with zero attached hydrogens (tertiary/aromatic N) is 1. The molecule has 0 aliphatic rings. The zero-order valence-corrected chi connectivity index (χ0v) is 19.0. The predicted octanol–water partition coefficient (Wildman–Crippen LogP) is 6.52. The first-order valence-corrected chi connectivity index (χ1v) is 11.3. The molecule has 2 aromatic carbocycles. The number of amides is 1. The molecular formula is C28H29NO4. The van der Waals surface area contributed by atoms with Gasteiger partial charge in [-0.2, -0.15) is 0 Å². The van der Waals surface area contributed by atoms with Gasteiger partial charge >= 0.3 is 0 Å². The maximum atomic E-state index is 13.2. The van der Waals surface area contributed by atoms with E-state index in [-0.39, 0.29) is 17.9 Å². The van der Waals surface area contributed by atoms with E-state index >= 15 is 0 Å². The van der Waals surface area contributed by atoms with Crippen molar-refractivity contribution in [3.05, 3.63) is 114 Å². The zero-order valence-electron chi connectivity index (χ0n) is 19.0. The molecule has 0 fully saturated rings. The second-order valence-corrected chi connectivity index (χ2v) is 8.28. The van der Waals surface area contributed by atoms with Crippen LogP contribution in [0.15, 0.2) is 100 Å². The van der Waals surface area contributed by atoms with Gasteiger partial charge in [0.05, 0.1) is 18.6 Å². The van der Waals surface area contributed by atoms with Crippen LogP contribution in [0.4, 0.5) is 0 Å². The summed E-state index contributed by atoms with van der Waals surface area (Å²) in [6, 6.07) is 25.5. The summed E-state index contributed by atoms with van der Waals surface area (Å²) in [4.78, 5) is 15.1. The van der Waals surface area contributed by atoms with Gasteiger partial charge in [-0.3, -0.25) is 4.79 Å². The molecule has 4 rings (SSSR count). The van der Waals surface area contributed by atoms with Crippen molar-refractivity contribution in [1.29, 1.82) is 0 Å². The molecule has 0 spiro atoms. The average Bonchev–Trinajstić information content (AvgIpc) is 3.54. The Hall–Kier alpha value is -3.73. The molecule has 170 valence electrons. The number of furan rings is 2. The third-order valence-corrected chi connectivity index (χ3v) is 5.46. The molecule has 4 aromatic rings. The zero-order chi connectivity index (χ0) is 23.0. The van der Waals surface area contributed by atoms with Gasteiger partial charge in [0.15, 0.2) is 5.76 Å². The van der Waals surface area contributed by atoms with Gasteiger partial charge in [0.2, 0.25) is 0 Å². The Kier molecular flexibility index (Phi) is 7.30. The molecule has 5 nitrogen and oxygen atoms in total. The quantitative estimate of drug-likeness (QED) is 0.280. The van der Waals surface area contributed by atoms with Gasteiger partial charge in [-0.15, -0.1) is 0 Å². The molecule has 0 N–H and O–H groups in total. The van der Waals surface area contributed by atoms with Crippen LogP contribution in [0.1, 0.15) is 53.6 Å². The lowest BCUT2D eigenvalue weighted by Crippen LogP contribution is -2.32. The lowest BCUT2D eigenvalue weighted by Gasteiger charge is -2.25. The highest BCUT2D eigenvalue weighted by Crippen LogP contribution is 2.29. The molecule has 1 amide bonds. The molecule has 0 saturated heterocycles. The van der Waals surface area contributed by atoms with Crippen LogP contribution in [-0.4, -0.2) is 23.5 Å². The number of benzene rings is 2. The van der Waals surface area contributed by atoms with E-state index < -0.39 is 0 Å². The number of carbonyl (C=O) groups is 1. The second-order valence-electron chi connectivity index (χ2n) is 8.28. The highest BCUT2D eigenvalue weighted by Gasteiger charge is 2.23. The number of ether oxygens (including phenoxy) is 1. The molecule has 5 heteroatoms. The molecule has 33 heavy (non-hydrogen) atoms. The van der Waals surface area contributed by atoms with Crippen LogP contribution in [0.2, 0.25) is 0 Å².